The monoisotopic (exact) mass is 188 g/mol. The van der Waals surface area contributed by atoms with Crippen molar-refractivity contribution in [2.75, 3.05) is 0 Å². The molecular weight excluding hydrogens is 179 g/mol. The van der Waals surface area contributed by atoms with Crippen LogP contribution < -0.4 is 5.73 Å². The largest absolute Gasteiger partial charge is 0.384 e. The lowest BCUT2D eigenvalue weighted by molar-refractivity contribution is 0.630. The lowest BCUT2D eigenvalue weighted by Crippen LogP contribution is -2.10. The molecule has 14 heavy (non-hydrogen) atoms. The molecule has 0 aliphatic heterocycles. The molecule has 3 heteroatoms. The Morgan fingerprint density at radius 3 is 2.50 bits per heavy atom. The van der Waals surface area contributed by atoms with Crippen LogP contribution in [0.3, 0.4) is 0 Å². The summed E-state index contributed by atoms with van der Waals surface area (Å²) in [5, 5.41) is 8.95. The summed E-state index contributed by atoms with van der Waals surface area (Å²) < 4.78 is 12.9. The van der Waals surface area contributed by atoms with Gasteiger partial charge in [-0.2, -0.15) is 0 Å². The molecular formula is C11H9FN2. The van der Waals surface area contributed by atoms with Gasteiger partial charge >= 0.3 is 0 Å². The normalized spacial score (nSPS) is 10.4. The highest BCUT2D eigenvalue weighted by Gasteiger charge is 1.99. The van der Waals surface area contributed by atoms with Gasteiger partial charge in [-0.3, -0.25) is 5.41 Å². The van der Waals surface area contributed by atoms with E-state index in [0.29, 0.717) is 5.56 Å². The van der Waals surface area contributed by atoms with Crippen LogP contribution >= 0.6 is 0 Å². The van der Waals surface area contributed by atoms with E-state index in [2.05, 4.69) is 0 Å². The van der Waals surface area contributed by atoms with Crippen molar-refractivity contribution in [3.05, 3.63) is 47.8 Å². The molecule has 2 rings (SSSR count). The highest BCUT2D eigenvalue weighted by atomic mass is 19.1. The van der Waals surface area contributed by atoms with E-state index in [9.17, 15) is 4.39 Å². The second-order valence-electron chi connectivity index (χ2n) is 3.12. The van der Waals surface area contributed by atoms with Gasteiger partial charge in [-0.1, -0.05) is 18.2 Å². The minimum absolute atomic E-state index is 0.00355. The maximum Gasteiger partial charge on any atom is 0.123 e. The van der Waals surface area contributed by atoms with Crippen LogP contribution in [-0.4, -0.2) is 5.84 Å². The predicted molar refractivity (Wildman–Crippen MR) is 54.9 cm³/mol. The maximum atomic E-state index is 12.9. The number of nitrogen functional groups attached to an aromatic ring is 1. The van der Waals surface area contributed by atoms with Gasteiger partial charge in [-0.05, 0) is 29.0 Å². The van der Waals surface area contributed by atoms with Crippen LogP contribution in [0, 0.1) is 11.2 Å². The number of fused-ring (bicyclic) bond motifs is 1. The molecule has 0 bridgehead atoms. The number of nitrogens with two attached hydrogens (primary N) is 1. The fourth-order valence-electron chi connectivity index (χ4n) is 1.39. The Hall–Kier alpha value is -1.90. The number of rotatable bonds is 1. The van der Waals surface area contributed by atoms with Crippen molar-refractivity contribution in [1.29, 1.82) is 5.41 Å². The molecule has 70 valence electrons. The lowest BCUT2D eigenvalue weighted by Gasteiger charge is -2.01. The van der Waals surface area contributed by atoms with Gasteiger partial charge in [0.05, 0.1) is 0 Å². The second kappa shape index (κ2) is 3.10. The van der Waals surface area contributed by atoms with Crippen molar-refractivity contribution in [2.45, 2.75) is 0 Å². The number of hydrogen-bond donors (Lipinski definition) is 2. The third kappa shape index (κ3) is 1.44. The average Bonchev–Trinajstić information content (AvgIpc) is 2.16. The first-order valence-corrected chi connectivity index (χ1v) is 4.20. The summed E-state index contributed by atoms with van der Waals surface area (Å²) in [5.74, 6) is -0.283. The Kier molecular flexibility index (Phi) is 1.93. The second-order valence-corrected chi connectivity index (χ2v) is 3.12. The van der Waals surface area contributed by atoms with Crippen LogP contribution in [0.15, 0.2) is 36.4 Å². The Morgan fingerprint density at radius 1 is 1.07 bits per heavy atom. The molecule has 0 amide bonds. The molecule has 0 saturated carbocycles. The minimum atomic E-state index is -0.279. The van der Waals surface area contributed by atoms with Gasteiger partial charge in [0, 0.05) is 5.56 Å². The number of halogens is 1. The number of hydrogen-bond acceptors (Lipinski definition) is 1. The third-order valence-electron chi connectivity index (χ3n) is 2.11. The Balaban J connectivity index is 2.69. The molecule has 0 heterocycles. The summed E-state index contributed by atoms with van der Waals surface area (Å²) in [6.07, 6.45) is 0. The van der Waals surface area contributed by atoms with Gasteiger partial charge in [0.25, 0.3) is 0 Å². The van der Waals surface area contributed by atoms with Crippen LogP contribution in [0.5, 0.6) is 0 Å². The standard InChI is InChI=1S/C11H9FN2/c12-10-4-3-7-1-2-8(11(13)14)5-9(7)6-10/h1-6H,(H3,13,14). The molecule has 2 aromatic rings. The zero-order chi connectivity index (χ0) is 10.1. The van der Waals surface area contributed by atoms with Gasteiger partial charge in [-0.15, -0.1) is 0 Å². The van der Waals surface area contributed by atoms with Crippen LogP contribution in [0.1, 0.15) is 5.56 Å². The first-order chi connectivity index (χ1) is 6.66. The van der Waals surface area contributed by atoms with Gasteiger partial charge in [0.2, 0.25) is 0 Å². The highest BCUT2D eigenvalue weighted by molar-refractivity contribution is 5.99. The molecule has 2 aromatic carbocycles. The fourth-order valence-corrected chi connectivity index (χ4v) is 1.39. The molecule has 0 aliphatic rings. The topological polar surface area (TPSA) is 49.9 Å². The van der Waals surface area contributed by atoms with E-state index in [0.717, 1.165) is 10.8 Å². The molecule has 0 aromatic heterocycles. The molecule has 0 aliphatic carbocycles. The number of nitrogens with one attached hydrogen (secondary N) is 1. The van der Waals surface area contributed by atoms with Gasteiger partial charge in [-0.25, -0.2) is 4.39 Å². The van der Waals surface area contributed by atoms with E-state index >= 15 is 0 Å². The Morgan fingerprint density at radius 2 is 1.79 bits per heavy atom. The zero-order valence-electron chi connectivity index (χ0n) is 7.42. The van der Waals surface area contributed by atoms with Crippen LogP contribution in [-0.2, 0) is 0 Å². The van der Waals surface area contributed by atoms with Crippen molar-refractivity contribution >= 4 is 16.6 Å². The predicted octanol–water partition coefficient (Wildman–Crippen LogP) is 2.26. The van der Waals surface area contributed by atoms with Crippen LogP contribution in [0.2, 0.25) is 0 Å². The first kappa shape index (κ1) is 8.69. The van der Waals surface area contributed by atoms with Crippen molar-refractivity contribution < 1.29 is 4.39 Å². The number of benzene rings is 2. The molecule has 0 fully saturated rings. The summed E-state index contributed by atoms with van der Waals surface area (Å²) in [6, 6.07) is 9.83. The molecule has 0 atom stereocenters. The molecule has 0 spiro atoms. The van der Waals surface area contributed by atoms with E-state index in [1.165, 1.54) is 12.1 Å². The van der Waals surface area contributed by atoms with Gasteiger partial charge in [0.1, 0.15) is 11.7 Å². The number of amidine groups is 1. The van der Waals surface area contributed by atoms with Crippen LogP contribution in [0.4, 0.5) is 4.39 Å². The van der Waals surface area contributed by atoms with E-state index in [1.54, 1.807) is 18.2 Å². The summed E-state index contributed by atoms with van der Waals surface area (Å²) in [5.41, 5.74) is 5.95. The fraction of sp³-hybridized carbons (Fsp3) is 0. The SMILES string of the molecule is N=C(N)c1ccc2ccc(F)cc2c1. The maximum absolute atomic E-state index is 12.9. The highest BCUT2D eigenvalue weighted by Crippen LogP contribution is 2.16. The van der Waals surface area contributed by atoms with Gasteiger partial charge < -0.3 is 5.73 Å². The molecule has 3 N–H and O–H groups in total. The Bertz CT molecular complexity index is 506. The third-order valence-corrected chi connectivity index (χ3v) is 2.11. The summed E-state index contributed by atoms with van der Waals surface area (Å²) in [7, 11) is 0. The van der Waals surface area contributed by atoms with Crippen molar-refractivity contribution in [3.8, 4) is 0 Å². The zero-order valence-corrected chi connectivity index (χ0v) is 7.42. The molecule has 0 radical (unpaired) electrons. The molecule has 2 nitrogen and oxygen atoms in total. The van der Waals surface area contributed by atoms with E-state index in [1.807, 2.05) is 6.07 Å². The van der Waals surface area contributed by atoms with Crippen molar-refractivity contribution in [1.82, 2.24) is 0 Å². The first-order valence-electron chi connectivity index (χ1n) is 4.20. The van der Waals surface area contributed by atoms with E-state index < -0.39 is 0 Å². The molecule has 0 saturated heterocycles. The Labute approximate surface area is 80.7 Å². The van der Waals surface area contributed by atoms with Gasteiger partial charge in [0.15, 0.2) is 0 Å². The van der Waals surface area contributed by atoms with E-state index in [4.69, 9.17) is 11.1 Å². The summed E-state index contributed by atoms with van der Waals surface area (Å²) in [6.45, 7) is 0. The minimum Gasteiger partial charge on any atom is -0.384 e. The summed E-state index contributed by atoms with van der Waals surface area (Å²) in [4.78, 5) is 0. The summed E-state index contributed by atoms with van der Waals surface area (Å²) >= 11 is 0. The quantitative estimate of drug-likeness (QED) is 0.523. The smallest absolute Gasteiger partial charge is 0.123 e. The van der Waals surface area contributed by atoms with Crippen molar-refractivity contribution in [3.63, 3.8) is 0 Å². The average molecular weight is 188 g/mol. The lowest BCUT2D eigenvalue weighted by atomic mass is 10.1. The molecule has 0 unspecified atom stereocenters. The van der Waals surface area contributed by atoms with Crippen LogP contribution in [0.25, 0.3) is 10.8 Å². The van der Waals surface area contributed by atoms with Crippen molar-refractivity contribution in [2.24, 2.45) is 5.73 Å². The van der Waals surface area contributed by atoms with E-state index in [-0.39, 0.29) is 11.7 Å².